The third kappa shape index (κ3) is 3.51. The summed E-state index contributed by atoms with van der Waals surface area (Å²) in [7, 11) is 1.66. The minimum atomic E-state index is -0.382. The summed E-state index contributed by atoms with van der Waals surface area (Å²) >= 11 is 0. The van der Waals surface area contributed by atoms with Gasteiger partial charge in [-0.1, -0.05) is 18.2 Å². The van der Waals surface area contributed by atoms with Gasteiger partial charge in [0, 0.05) is 44.2 Å². The number of aromatic nitrogens is 1. The number of rotatable bonds is 2. The number of amides is 1. The Morgan fingerprint density at radius 2 is 1.67 bits per heavy atom. The van der Waals surface area contributed by atoms with Crippen molar-refractivity contribution < 1.29 is 9.18 Å². The number of carbonyl (C=O) groups excluding carboxylic acids is 1. The Kier molecular flexibility index (Phi) is 5.85. The molecule has 0 unspecified atom stereocenters. The molecule has 1 fully saturated rings. The van der Waals surface area contributed by atoms with Crippen molar-refractivity contribution in [2.75, 3.05) is 31.1 Å². The summed E-state index contributed by atoms with van der Waals surface area (Å²) in [4.78, 5) is 29.1. The van der Waals surface area contributed by atoms with E-state index in [-0.39, 0.29) is 29.0 Å². The van der Waals surface area contributed by atoms with E-state index in [0.717, 1.165) is 10.9 Å². The molecule has 0 aliphatic carbocycles. The number of halogens is 1. The maximum atomic E-state index is 13.1. The quantitative estimate of drug-likeness (QED) is 0.703. The summed E-state index contributed by atoms with van der Waals surface area (Å²) in [6.07, 6.45) is 0. The molecular weight excluding hydrogens is 385 g/mol. The first kappa shape index (κ1) is 21.0. The first-order valence-electron chi connectivity index (χ1n) is 9.33. The molecule has 0 saturated carbocycles. The van der Waals surface area contributed by atoms with E-state index in [2.05, 4.69) is 6.07 Å². The molecule has 1 amide bonds. The van der Waals surface area contributed by atoms with Crippen molar-refractivity contribution in [2.45, 2.75) is 0 Å². The minimum Gasteiger partial charge on any atom is -0.366 e. The number of para-hydroxylation sites is 1. The highest BCUT2D eigenvalue weighted by atomic mass is 19.1. The molecule has 2 aromatic carbocycles. The summed E-state index contributed by atoms with van der Waals surface area (Å²) in [5.41, 5.74) is 1.61. The fourth-order valence-electron chi connectivity index (χ4n) is 3.82. The first-order valence-corrected chi connectivity index (χ1v) is 9.33. The van der Waals surface area contributed by atoms with E-state index >= 15 is 0 Å². The second-order valence-electron chi connectivity index (χ2n) is 7.00. The van der Waals surface area contributed by atoms with Crippen LogP contribution in [0.25, 0.3) is 10.9 Å². The molecule has 1 aliphatic heterocycles. The largest absolute Gasteiger partial charge is 0.366 e. The van der Waals surface area contributed by atoms with E-state index in [1.165, 1.54) is 28.8 Å². The van der Waals surface area contributed by atoms with Crippen LogP contribution in [0.4, 0.5) is 10.1 Å². The van der Waals surface area contributed by atoms with Gasteiger partial charge in [-0.2, -0.15) is 5.26 Å². The number of pyridine rings is 1. The Morgan fingerprint density at radius 3 is 2.30 bits per heavy atom. The zero-order chi connectivity index (χ0) is 20.5. The minimum absolute atomic E-state index is 0. The van der Waals surface area contributed by atoms with Crippen molar-refractivity contribution >= 4 is 22.5 Å². The Balaban J connectivity index is 0.00000256. The van der Waals surface area contributed by atoms with E-state index in [9.17, 15) is 19.2 Å². The van der Waals surface area contributed by atoms with Crippen LogP contribution < -0.4 is 16.6 Å². The Morgan fingerprint density at radius 1 is 1.03 bits per heavy atom. The van der Waals surface area contributed by atoms with Crippen LogP contribution in [0.1, 0.15) is 15.9 Å². The van der Waals surface area contributed by atoms with Crippen LogP contribution in [0.2, 0.25) is 0 Å². The van der Waals surface area contributed by atoms with E-state index in [1.54, 1.807) is 11.9 Å². The van der Waals surface area contributed by atoms with Crippen LogP contribution in [0.3, 0.4) is 0 Å². The van der Waals surface area contributed by atoms with E-state index in [4.69, 9.17) is 0 Å². The molecule has 3 aromatic rings. The number of nitrogens with zero attached hydrogens (tertiary/aromatic N) is 4. The summed E-state index contributed by atoms with van der Waals surface area (Å²) < 4.78 is 14.6. The van der Waals surface area contributed by atoms with Crippen LogP contribution in [-0.4, -0.2) is 41.6 Å². The first-order chi connectivity index (χ1) is 14.0. The van der Waals surface area contributed by atoms with Crippen LogP contribution in [0, 0.1) is 17.1 Å². The fourth-order valence-corrected chi connectivity index (χ4v) is 3.82. The molecule has 30 heavy (non-hydrogen) atoms. The predicted molar refractivity (Wildman–Crippen MR) is 113 cm³/mol. The van der Waals surface area contributed by atoms with Gasteiger partial charge in [-0.25, -0.2) is 4.39 Å². The van der Waals surface area contributed by atoms with Crippen LogP contribution in [0.5, 0.6) is 0 Å². The number of aryl methyl sites for hydroxylation is 1. The van der Waals surface area contributed by atoms with E-state index in [0.29, 0.717) is 37.4 Å². The Hall–Kier alpha value is -3.70. The third-order valence-electron chi connectivity index (χ3n) is 5.36. The SMILES string of the molecule is Cn1c(=O)c(C#N)c(N2CCN(C(=O)c3ccc(F)cc3)CC2)c2ccccc21.N. The number of hydrogen-bond donors (Lipinski definition) is 1. The molecule has 1 saturated heterocycles. The van der Waals surface area contributed by atoms with Gasteiger partial charge < -0.3 is 20.5 Å². The average molecular weight is 407 g/mol. The Bertz CT molecular complexity index is 1190. The van der Waals surface area contributed by atoms with Gasteiger partial charge in [0.25, 0.3) is 11.5 Å². The molecule has 1 aromatic heterocycles. The molecule has 0 atom stereocenters. The highest BCUT2D eigenvalue weighted by Crippen LogP contribution is 2.29. The van der Waals surface area contributed by atoms with E-state index in [1.807, 2.05) is 29.2 Å². The molecule has 4 rings (SSSR count). The predicted octanol–water partition coefficient (Wildman–Crippen LogP) is 2.67. The number of benzene rings is 2. The summed E-state index contributed by atoms with van der Waals surface area (Å²) in [6, 6.07) is 15.1. The lowest BCUT2D eigenvalue weighted by Crippen LogP contribution is -2.49. The molecule has 0 bridgehead atoms. The van der Waals surface area contributed by atoms with Crippen molar-refractivity contribution in [3.05, 3.63) is 75.8 Å². The van der Waals surface area contributed by atoms with Gasteiger partial charge in [0.2, 0.25) is 0 Å². The van der Waals surface area contributed by atoms with Gasteiger partial charge in [0.05, 0.1) is 11.2 Å². The van der Waals surface area contributed by atoms with Crippen molar-refractivity contribution in [3.8, 4) is 6.07 Å². The van der Waals surface area contributed by atoms with Crippen LogP contribution in [-0.2, 0) is 7.05 Å². The number of hydrogen-bond acceptors (Lipinski definition) is 5. The normalized spacial score (nSPS) is 13.6. The number of piperazine rings is 1. The fraction of sp³-hybridized carbons (Fsp3) is 0.227. The second-order valence-corrected chi connectivity index (χ2v) is 7.00. The zero-order valence-corrected chi connectivity index (χ0v) is 16.6. The number of carbonyl (C=O) groups is 1. The van der Waals surface area contributed by atoms with Crippen molar-refractivity contribution in [1.82, 2.24) is 15.6 Å². The lowest BCUT2D eigenvalue weighted by atomic mass is 10.1. The van der Waals surface area contributed by atoms with Gasteiger partial charge in [0.15, 0.2) is 0 Å². The highest BCUT2D eigenvalue weighted by molar-refractivity contribution is 5.96. The van der Waals surface area contributed by atoms with Crippen LogP contribution in [0.15, 0.2) is 53.3 Å². The molecule has 1 aliphatic rings. The van der Waals surface area contributed by atoms with Crippen molar-refractivity contribution in [3.63, 3.8) is 0 Å². The van der Waals surface area contributed by atoms with Crippen molar-refractivity contribution in [1.29, 1.82) is 5.26 Å². The van der Waals surface area contributed by atoms with Gasteiger partial charge in [-0.15, -0.1) is 0 Å². The summed E-state index contributed by atoms with van der Waals surface area (Å²) in [6.45, 7) is 1.90. The maximum Gasteiger partial charge on any atom is 0.270 e. The lowest BCUT2D eigenvalue weighted by Gasteiger charge is -2.37. The summed E-state index contributed by atoms with van der Waals surface area (Å²) in [5.74, 6) is -0.535. The number of fused-ring (bicyclic) bond motifs is 1. The van der Waals surface area contributed by atoms with Crippen molar-refractivity contribution in [2.24, 2.45) is 7.05 Å². The zero-order valence-electron chi connectivity index (χ0n) is 16.6. The Labute approximate surface area is 173 Å². The average Bonchev–Trinajstić information content (AvgIpc) is 2.76. The third-order valence-corrected chi connectivity index (χ3v) is 5.36. The smallest absolute Gasteiger partial charge is 0.270 e. The highest BCUT2D eigenvalue weighted by Gasteiger charge is 2.26. The number of anilines is 1. The topological polar surface area (TPSA) is 104 Å². The molecule has 8 heteroatoms. The summed E-state index contributed by atoms with van der Waals surface area (Å²) in [5, 5.41) is 10.5. The molecule has 7 nitrogen and oxygen atoms in total. The van der Waals surface area contributed by atoms with Gasteiger partial charge >= 0.3 is 0 Å². The monoisotopic (exact) mass is 407 g/mol. The molecule has 2 heterocycles. The van der Waals surface area contributed by atoms with E-state index < -0.39 is 0 Å². The molecule has 0 radical (unpaired) electrons. The molecular formula is C22H22FN5O2. The lowest BCUT2D eigenvalue weighted by molar-refractivity contribution is 0.0747. The second kappa shape index (κ2) is 8.35. The van der Waals surface area contributed by atoms with Gasteiger partial charge in [-0.3, -0.25) is 9.59 Å². The molecule has 3 N–H and O–H groups in total. The standard InChI is InChI=1S/C22H19FN4O2.H3N/c1-25-19-5-3-2-4-17(19)20(18(14-24)22(25)29)26-10-12-27(13-11-26)21(28)15-6-8-16(23)9-7-15;/h2-9H,10-13H2,1H3;1H3. The van der Waals surface area contributed by atoms with Crippen LogP contribution >= 0.6 is 0 Å². The van der Waals surface area contributed by atoms with Gasteiger partial charge in [-0.05, 0) is 30.3 Å². The maximum absolute atomic E-state index is 13.1. The molecule has 0 spiro atoms. The number of nitriles is 1. The van der Waals surface area contributed by atoms with Gasteiger partial charge in [0.1, 0.15) is 17.4 Å². The molecule has 154 valence electrons.